The van der Waals surface area contributed by atoms with Crippen LogP contribution in [0, 0.1) is 0 Å². The molecule has 0 saturated carbocycles. The average Bonchev–Trinajstić information content (AvgIpc) is 3.13. The Balaban J connectivity index is 1.68. The number of fused-ring (bicyclic) bond motifs is 1. The van der Waals surface area contributed by atoms with Crippen molar-refractivity contribution in [3.8, 4) is 16.9 Å². The second kappa shape index (κ2) is 7.22. The minimum Gasteiger partial charge on any atom is -0.496 e. The third kappa shape index (κ3) is 3.18. The van der Waals surface area contributed by atoms with Gasteiger partial charge in [-0.1, -0.05) is 36.4 Å². The molecular weight excluding hydrogens is 330 g/mol. The molecule has 2 heterocycles. The number of benzene rings is 2. The van der Waals surface area contributed by atoms with E-state index in [9.17, 15) is 4.79 Å². The fourth-order valence-corrected chi connectivity index (χ4v) is 3.35. The number of amides is 1. The zero-order valence-electron chi connectivity index (χ0n) is 14.7. The zero-order valence-corrected chi connectivity index (χ0v) is 14.7. The Morgan fingerprint density at radius 3 is 2.65 bits per heavy atom. The summed E-state index contributed by atoms with van der Waals surface area (Å²) < 4.78 is 16.8. The number of carbonyl (C=O) groups excluding carboxylic acids is 1. The Kier molecular flexibility index (Phi) is 4.63. The predicted octanol–water partition coefficient (Wildman–Crippen LogP) is 4.02. The number of carbonyl (C=O) groups is 1. The van der Waals surface area contributed by atoms with Crippen LogP contribution in [0.15, 0.2) is 52.9 Å². The number of nitrogens with one attached hydrogen (secondary N) is 1. The molecule has 0 bridgehead atoms. The maximum absolute atomic E-state index is 12.6. The molecule has 1 aliphatic heterocycles. The van der Waals surface area contributed by atoms with Gasteiger partial charge in [-0.25, -0.2) is 0 Å². The van der Waals surface area contributed by atoms with Crippen LogP contribution in [0.4, 0.5) is 0 Å². The van der Waals surface area contributed by atoms with Crippen LogP contribution in [0.3, 0.4) is 0 Å². The van der Waals surface area contributed by atoms with Crippen molar-refractivity contribution < 1.29 is 18.7 Å². The smallest absolute Gasteiger partial charge is 0.287 e. The van der Waals surface area contributed by atoms with Gasteiger partial charge in [-0.15, -0.1) is 0 Å². The zero-order chi connectivity index (χ0) is 17.9. The first-order valence-corrected chi connectivity index (χ1v) is 8.81. The molecule has 1 fully saturated rings. The van der Waals surface area contributed by atoms with E-state index in [4.69, 9.17) is 13.9 Å². The van der Waals surface area contributed by atoms with E-state index in [1.165, 1.54) is 0 Å². The number of furan rings is 1. The van der Waals surface area contributed by atoms with Crippen molar-refractivity contribution in [2.75, 3.05) is 20.3 Å². The minimum atomic E-state index is -0.181. The van der Waals surface area contributed by atoms with Crippen LogP contribution in [0.5, 0.6) is 5.75 Å². The molecule has 1 saturated heterocycles. The van der Waals surface area contributed by atoms with E-state index in [0.717, 1.165) is 35.1 Å². The number of para-hydroxylation sites is 2. The molecule has 1 aliphatic rings. The summed E-state index contributed by atoms with van der Waals surface area (Å²) in [5.41, 5.74) is 2.53. The summed E-state index contributed by atoms with van der Waals surface area (Å²) in [4.78, 5) is 12.6. The summed E-state index contributed by atoms with van der Waals surface area (Å²) >= 11 is 0. The fraction of sp³-hybridized carbons (Fsp3) is 0.286. The van der Waals surface area contributed by atoms with Crippen molar-refractivity contribution in [2.45, 2.75) is 18.9 Å². The molecule has 134 valence electrons. The largest absolute Gasteiger partial charge is 0.496 e. The van der Waals surface area contributed by atoms with E-state index in [1.807, 2.05) is 42.5 Å². The van der Waals surface area contributed by atoms with Crippen molar-refractivity contribution in [1.82, 2.24) is 5.32 Å². The molecular formula is C21H21NO4. The molecule has 4 rings (SSSR count). The number of hydrogen-bond acceptors (Lipinski definition) is 4. The van der Waals surface area contributed by atoms with E-state index in [0.29, 0.717) is 24.6 Å². The van der Waals surface area contributed by atoms with Gasteiger partial charge in [0.15, 0.2) is 5.76 Å². The lowest BCUT2D eigenvalue weighted by molar-refractivity contribution is 0.0684. The van der Waals surface area contributed by atoms with Gasteiger partial charge >= 0.3 is 0 Å². The van der Waals surface area contributed by atoms with Crippen molar-refractivity contribution in [3.63, 3.8) is 0 Å². The highest BCUT2D eigenvalue weighted by molar-refractivity contribution is 6.00. The lowest BCUT2D eigenvalue weighted by Gasteiger charge is -2.22. The topological polar surface area (TPSA) is 60.7 Å². The predicted molar refractivity (Wildman–Crippen MR) is 99.5 cm³/mol. The molecule has 1 aromatic heterocycles. The van der Waals surface area contributed by atoms with Gasteiger partial charge in [0.05, 0.1) is 7.11 Å². The monoisotopic (exact) mass is 351 g/mol. The molecule has 1 amide bonds. The van der Waals surface area contributed by atoms with Crippen LogP contribution in [-0.4, -0.2) is 32.3 Å². The molecule has 0 aliphatic carbocycles. The Bertz CT molecular complexity index is 925. The Hall–Kier alpha value is -2.79. The maximum atomic E-state index is 12.6. The van der Waals surface area contributed by atoms with Gasteiger partial charge < -0.3 is 19.2 Å². The molecule has 0 radical (unpaired) electrons. The van der Waals surface area contributed by atoms with Crippen molar-refractivity contribution in [2.24, 2.45) is 0 Å². The van der Waals surface area contributed by atoms with E-state index in [-0.39, 0.29) is 11.9 Å². The minimum absolute atomic E-state index is 0.137. The summed E-state index contributed by atoms with van der Waals surface area (Å²) in [7, 11) is 1.65. The molecule has 1 N–H and O–H groups in total. The lowest BCUT2D eigenvalue weighted by atomic mass is 10.0. The highest BCUT2D eigenvalue weighted by Crippen LogP contribution is 2.36. The highest BCUT2D eigenvalue weighted by Gasteiger charge is 2.21. The average molecular weight is 351 g/mol. The molecule has 5 nitrogen and oxygen atoms in total. The molecule has 0 atom stereocenters. The Morgan fingerprint density at radius 2 is 1.85 bits per heavy atom. The maximum Gasteiger partial charge on any atom is 0.287 e. The number of hydrogen-bond donors (Lipinski definition) is 1. The summed E-state index contributed by atoms with van der Waals surface area (Å²) in [5, 5.41) is 3.93. The normalized spacial score (nSPS) is 15.1. The summed E-state index contributed by atoms with van der Waals surface area (Å²) in [5.74, 6) is 0.914. The van der Waals surface area contributed by atoms with Crippen molar-refractivity contribution in [1.29, 1.82) is 0 Å². The van der Waals surface area contributed by atoms with Crippen LogP contribution >= 0.6 is 0 Å². The van der Waals surface area contributed by atoms with Crippen LogP contribution in [0.2, 0.25) is 0 Å². The lowest BCUT2D eigenvalue weighted by Crippen LogP contribution is -2.38. The number of ether oxygens (including phenoxy) is 2. The number of methoxy groups -OCH3 is 1. The van der Waals surface area contributed by atoms with E-state index in [1.54, 1.807) is 13.2 Å². The molecule has 0 unspecified atom stereocenters. The van der Waals surface area contributed by atoms with Gasteiger partial charge in [0.1, 0.15) is 11.3 Å². The van der Waals surface area contributed by atoms with E-state index < -0.39 is 0 Å². The third-order valence-electron chi connectivity index (χ3n) is 4.72. The van der Waals surface area contributed by atoms with Crippen LogP contribution in [0.1, 0.15) is 23.4 Å². The Labute approximate surface area is 151 Å². The number of rotatable bonds is 4. The SMILES string of the molecule is COc1ccccc1-c1cccc2cc(C(=O)NC3CCOCC3)oc12. The molecule has 2 aromatic carbocycles. The first-order chi connectivity index (χ1) is 12.8. The molecule has 3 aromatic rings. The van der Waals surface area contributed by atoms with Gasteiger partial charge in [-0.3, -0.25) is 4.79 Å². The van der Waals surface area contributed by atoms with Gasteiger partial charge in [0.25, 0.3) is 5.91 Å². The molecule has 5 heteroatoms. The van der Waals surface area contributed by atoms with E-state index in [2.05, 4.69) is 5.32 Å². The first kappa shape index (κ1) is 16.7. The van der Waals surface area contributed by atoms with Crippen LogP contribution < -0.4 is 10.1 Å². The second-order valence-electron chi connectivity index (χ2n) is 6.39. The van der Waals surface area contributed by atoms with Crippen molar-refractivity contribution in [3.05, 3.63) is 54.3 Å². The molecule has 26 heavy (non-hydrogen) atoms. The van der Waals surface area contributed by atoms with Gasteiger partial charge in [-0.2, -0.15) is 0 Å². The van der Waals surface area contributed by atoms with Crippen molar-refractivity contribution >= 4 is 16.9 Å². The summed E-state index contributed by atoms with van der Waals surface area (Å²) in [6.07, 6.45) is 1.66. The van der Waals surface area contributed by atoms with Gasteiger partial charge in [0, 0.05) is 35.8 Å². The quantitative estimate of drug-likeness (QED) is 0.771. The highest BCUT2D eigenvalue weighted by atomic mass is 16.5. The van der Waals surface area contributed by atoms with Crippen LogP contribution in [-0.2, 0) is 4.74 Å². The standard InChI is InChI=1S/C21H21NO4/c1-24-18-8-3-2-6-16(18)17-7-4-5-14-13-19(26-20(14)17)21(23)22-15-9-11-25-12-10-15/h2-8,13,15H,9-12H2,1H3,(H,22,23). The van der Waals surface area contributed by atoms with E-state index >= 15 is 0 Å². The third-order valence-corrected chi connectivity index (χ3v) is 4.72. The molecule has 0 spiro atoms. The Morgan fingerprint density at radius 1 is 1.08 bits per heavy atom. The first-order valence-electron chi connectivity index (χ1n) is 8.81. The van der Waals surface area contributed by atoms with Gasteiger partial charge in [-0.05, 0) is 25.0 Å². The fourth-order valence-electron chi connectivity index (χ4n) is 3.35. The van der Waals surface area contributed by atoms with Gasteiger partial charge in [0.2, 0.25) is 0 Å². The summed E-state index contributed by atoms with van der Waals surface area (Å²) in [6, 6.07) is 15.6. The second-order valence-corrected chi connectivity index (χ2v) is 6.39. The van der Waals surface area contributed by atoms with Crippen LogP contribution in [0.25, 0.3) is 22.1 Å². The summed E-state index contributed by atoms with van der Waals surface area (Å²) in [6.45, 7) is 1.37.